The number of carbonyl (C=O) groups is 2. The highest BCUT2D eigenvalue weighted by Gasteiger charge is 2.26. The lowest BCUT2D eigenvalue weighted by molar-refractivity contribution is -0.133. The van der Waals surface area contributed by atoms with Gasteiger partial charge in [-0.05, 0) is 19.8 Å². The van der Waals surface area contributed by atoms with Gasteiger partial charge in [0.2, 0.25) is 11.8 Å². The predicted octanol–water partition coefficient (Wildman–Crippen LogP) is 0.824. The third-order valence-corrected chi connectivity index (χ3v) is 2.96. The van der Waals surface area contributed by atoms with Gasteiger partial charge in [0, 0.05) is 19.0 Å². The molecule has 108 valence electrons. The van der Waals surface area contributed by atoms with Gasteiger partial charge in [0.15, 0.2) is 0 Å². The molecule has 0 spiro atoms. The van der Waals surface area contributed by atoms with E-state index in [1.54, 1.807) is 13.0 Å². The van der Waals surface area contributed by atoms with E-state index >= 15 is 0 Å². The number of aryl methyl sites for hydroxylation is 1. The molecule has 1 aliphatic rings. The summed E-state index contributed by atoms with van der Waals surface area (Å²) in [7, 11) is 0. The fourth-order valence-corrected chi connectivity index (χ4v) is 2.00. The fourth-order valence-electron chi connectivity index (χ4n) is 2.00. The molecule has 0 saturated carbocycles. The molecule has 0 aliphatic carbocycles. The van der Waals surface area contributed by atoms with Gasteiger partial charge < -0.3 is 10.6 Å². The third-order valence-electron chi connectivity index (χ3n) is 2.96. The monoisotopic (exact) mass is 277 g/mol. The van der Waals surface area contributed by atoms with Crippen LogP contribution in [0.4, 0.5) is 11.6 Å². The molecular weight excluding hydrogens is 258 g/mol. The first-order chi connectivity index (χ1) is 9.58. The molecule has 2 amide bonds. The van der Waals surface area contributed by atoms with Crippen LogP contribution in [0.2, 0.25) is 0 Å². The number of carbonyl (C=O) groups excluding carboxylic acids is 2. The smallest absolute Gasteiger partial charge is 0.249 e. The van der Waals surface area contributed by atoms with E-state index in [1.165, 1.54) is 0 Å². The second kappa shape index (κ2) is 6.31. The van der Waals surface area contributed by atoms with E-state index < -0.39 is 6.04 Å². The second-order valence-corrected chi connectivity index (χ2v) is 4.76. The Morgan fingerprint density at radius 2 is 2.10 bits per heavy atom. The van der Waals surface area contributed by atoms with Crippen molar-refractivity contribution in [3.8, 4) is 0 Å². The van der Waals surface area contributed by atoms with E-state index in [2.05, 4.69) is 32.8 Å². The molecule has 2 heterocycles. The SMILES string of the molecule is CCCNc1cc(NC2CCC(=O)NC2=O)nc(C)n1. The lowest BCUT2D eigenvalue weighted by Crippen LogP contribution is -2.47. The van der Waals surface area contributed by atoms with Gasteiger partial charge in [-0.15, -0.1) is 0 Å². The quantitative estimate of drug-likeness (QED) is 0.690. The van der Waals surface area contributed by atoms with Crippen molar-refractivity contribution in [1.29, 1.82) is 0 Å². The number of hydrogen-bond donors (Lipinski definition) is 3. The minimum absolute atomic E-state index is 0.225. The van der Waals surface area contributed by atoms with Crippen LogP contribution in [0.5, 0.6) is 0 Å². The summed E-state index contributed by atoms with van der Waals surface area (Å²) in [6.07, 6.45) is 1.82. The number of amides is 2. The normalized spacial score (nSPS) is 18.6. The van der Waals surface area contributed by atoms with Crippen molar-refractivity contribution in [2.45, 2.75) is 39.2 Å². The summed E-state index contributed by atoms with van der Waals surface area (Å²) < 4.78 is 0. The second-order valence-electron chi connectivity index (χ2n) is 4.76. The number of piperidine rings is 1. The molecule has 2 rings (SSSR count). The Labute approximate surface area is 117 Å². The van der Waals surface area contributed by atoms with Gasteiger partial charge in [-0.25, -0.2) is 9.97 Å². The zero-order valence-electron chi connectivity index (χ0n) is 11.7. The molecule has 1 aromatic heterocycles. The summed E-state index contributed by atoms with van der Waals surface area (Å²) >= 11 is 0. The van der Waals surface area contributed by atoms with Gasteiger partial charge in [0.05, 0.1) is 0 Å². The van der Waals surface area contributed by atoms with Crippen molar-refractivity contribution in [3.63, 3.8) is 0 Å². The van der Waals surface area contributed by atoms with E-state index in [4.69, 9.17) is 0 Å². The van der Waals surface area contributed by atoms with Gasteiger partial charge in [-0.3, -0.25) is 14.9 Å². The first kappa shape index (κ1) is 14.2. The van der Waals surface area contributed by atoms with E-state index in [-0.39, 0.29) is 11.8 Å². The third kappa shape index (κ3) is 3.66. The summed E-state index contributed by atoms with van der Waals surface area (Å²) in [4.78, 5) is 31.3. The molecule has 1 unspecified atom stereocenters. The fraction of sp³-hybridized carbons (Fsp3) is 0.538. The molecule has 1 fully saturated rings. The van der Waals surface area contributed by atoms with E-state index in [9.17, 15) is 9.59 Å². The minimum Gasteiger partial charge on any atom is -0.370 e. The van der Waals surface area contributed by atoms with E-state index in [0.29, 0.717) is 24.5 Å². The highest BCUT2D eigenvalue weighted by Crippen LogP contribution is 2.15. The maximum atomic E-state index is 11.7. The van der Waals surface area contributed by atoms with Crippen LogP contribution in [0.25, 0.3) is 0 Å². The van der Waals surface area contributed by atoms with E-state index in [1.807, 2.05) is 0 Å². The number of anilines is 2. The van der Waals surface area contributed by atoms with Crippen molar-refractivity contribution in [1.82, 2.24) is 15.3 Å². The van der Waals surface area contributed by atoms with E-state index in [0.717, 1.165) is 18.8 Å². The first-order valence-electron chi connectivity index (χ1n) is 6.78. The molecule has 7 heteroatoms. The van der Waals surface area contributed by atoms with Gasteiger partial charge in [0.25, 0.3) is 0 Å². The Bertz CT molecular complexity index is 517. The average Bonchev–Trinajstić information content (AvgIpc) is 2.39. The molecule has 3 N–H and O–H groups in total. The summed E-state index contributed by atoms with van der Waals surface area (Å²) in [6, 6.07) is 1.34. The number of rotatable bonds is 5. The Kier molecular flexibility index (Phi) is 4.49. The Morgan fingerprint density at radius 3 is 2.80 bits per heavy atom. The molecule has 0 bridgehead atoms. The number of nitrogens with zero attached hydrogens (tertiary/aromatic N) is 2. The summed E-state index contributed by atoms with van der Waals surface area (Å²) in [6.45, 7) is 4.70. The van der Waals surface area contributed by atoms with Crippen molar-refractivity contribution >= 4 is 23.5 Å². The van der Waals surface area contributed by atoms with Crippen molar-refractivity contribution < 1.29 is 9.59 Å². The number of nitrogens with one attached hydrogen (secondary N) is 3. The van der Waals surface area contributed by atoms with Gasteiger partial charge in [-0.1, -0.05) is 6.92 Å². The Hall–Kier alpha value is -2.18. The number of hydrogen-bond acceptors (Lipinski definition) is 6. The Balaban J connectivity index is 2.06. The molecular formula is C13H19N5O2. The molecule has 1 atom stereocenters. The lowest BCUT2D eigenvalue weighted by atomic mass is 10.1. The van der Waals surface area contributed by atoms with Crippen LogP contribution < -0.4 is 16.0 Å². The van der Waals surface area contributed by atoms with Crippen molar-refractivity contribution in [3.05, 3.63) is 11.9 Å². The molecule has 1 aromatic rings. The molecule has 7 nitrogen and oxygen atoms in total. The lowest BCUT2D eigenvalue weighted by Gasteiger charge is -2.22. The van der Waals surface area contributed by atoms with Crippen LogP contribution >= 0.6 is 0 Å². The van der Waals surface area contributed by atoms with Crippen molar-refractivity contribution in [2.24, 2.45) is 0 Å². The van der Waals surface area contributed by atoms with Crippen LogP contribution in [0, 0.1) is 6.92 Å². The van der Waals surface area contributed by atoms with Crippen LogP contribution in [-0.2, 0) is 9.59 Å². The average molecular weight is 277 g/mol. The summed E-state index contributed by atoms with van der Waals surface area (Å²) in [5, 5.41) is 8.55. The Morgan fingerprint density at radius 1 is 1.35 bits per heavy atom. The van der Waals surface area contributed by atoms with Gasteiger partial charge >= 0.3 is 0 Å². The van der Waals surface area contributed by atoms with Crippen LogP contribution in [0.15, 0.2) is 6.07 Å². The highest BCUT2D eigenvalue weighted by atomic mass is 16.2. The molecule has 1 saturated heterocycles. The first-order valence-corrected chi connectivity index (χ1v) is 6.78. The standard InChI is InChI=1S/C13H19N5O2/c1-3-6-14-10-7-11(16-8(2)15-10)17-9-4-5-12(19)18-13(9)20/h7,9H,3-6H2,1-2H3,(H,18,19,20)(H2,14,15,16,17). The zero-order chi connectivity index (χ0) is 14.5. The predicted molar refractivity (Wildman–Crippen MR) is 75.3 cm³/mol. The highest BCUT2D eigenvalue weighted by molar-refractivity contribution is 6.01. The summed E-state index contributed by atoms with van der Waals surface area (Å²) in [5.41, 5.74) is 0. The maximum absolute atomic E-state index is 11.7. The van der Waals surface area contributed by atoms with Crippen LogP contribution in [0.1, 0.15) is 32.0 Å². The van der Waals surface area contributed by atoms with Gasteiger partial charge in [0.1, 0.15) is 23.5 Å². The molecule has 20 heavy (non-hydrogen) atoms. The topological polar surface area (TPSA) is 96.0 Å². The number of imide groups is 1. The van der Waals surface area contributed by atoms with Crippen LogP contribution in [0.3, 0.4) is 0 Å². The summed E-state index contributed by atoms with van der Waals surface area (Å²) in [5.74, 6) is 1.42. The van der Waals surface area contributed by atoms with Crippen molar-refractivity contribution in [2.75, 3.05) is 17.2 Å². The molecule has 0 radical (unpaired) electrons. The zero-order valence-corrected chi connectivity index (χ0v) is 11.7. The van der Waals surface area contributed by atoms with Gasteiger partial charge in [-0.2, -0.15) is 0 Å². The largest absolute Gasteiger partial charge is 0.370 e. The van der Waals surface area contributed by atoms with Crippen LogP contribution in [-0.4, -0.2) is 34.4 Å². The number of aromatic nitrogens is 2. The maximum Gasteiger partial charge on any atom is 0.249 e. The molecule has 0 aromatic carbocycles. The minimum atomic E-state index is -0.430. The molecule has 1 aliphatic heterocycles.